The molecule has 4 N–H and O–H groups in total. The molecule has 0 heterocycles. The van der Waals surface area contributed by atoms with E-state index in [1.807, 2.05) is 0 Å². The van der Waals surface area contributed by atoms with E-state index in [0.717, 1.165) is 38.5 Å². The van der Waals surface area contributed by atoms with E-state index in [1.54, 1.807) is 6.92 Å². The van der Waals surface area contributed by atoms with Crippen molar-refractivity contribution in [2.75, 3.05) is 0 Å². The molecular weight excluding hydrogens is 416 g/mol. The Morgan fingerprint density at radius 3 is 2.27 bits per heavy atom. The average molecular weight is 465 g/mol. The highest BCUT2D eigenvalue weighted by atomic mass is 16.4. The maximum Gasteiger partial charge on any atom is 0.306 e. The molecule has 4 aliphatic carbocycles. The van der Waals surface area contributed by atoms with E-state index in [9.17, 15) is 25.2 Å². The standard InChI is InChI=1S/C28H48O5/c1-7-18-24(31)23-20-9-8-19(15(2)12-16(3)25(32)33)28(20,6)22(30)13-21(23)26(4)11-10-17(29)14-27(18,26)5/h15-24,29-31H,7-14H2,1-6H3,(H,32,33)/t15-,16+,17-,18+,19-,20?,21?,22+,23?,24-,26-,27+,28-/m1/s1. The number of hydrogen-bond acceptors (Lipinski definition) is 4. The summed E-state index contributed by atoms with van der Waals surface area (Å²) in [6.45, 7) is 13.1. The monoisotopic (exact) mass is 464 g/mol. The Hall–Kier alpha value is -0.650. The zero-order valence-electron chi connectivity index (χ0n) is 21.6. The molecule has 4 fully saturated rings. The van der Waals surface area contributed by atoms with Crippen LogP contribution in [0.25, 0.3) is 0 Å². The zero-order chi connectivity index (χ0) is 24.5. The molecule has 0 aromatic carbocycles. The fourth-order valence-electron chi connectivity index (χ4n) is 10.3. The van der Waals surface area contributed by atoms with Crippen LogP contribution in [0.3, 0.4) is 0 Å². The van der Waals surface area contributed by atoms with Gasteiger partial charge in [0, 0.05) is 0 Å². The summed E-state index contributed by atoms with van der Waals surface area (Å²) in [5.74, 6) is 0.226. The minimum absolute atomic E-state index is 0.000633. The minimum atomic E-state index is -0.744. The topological polar surface area (TPSA) is 98.0 Å². The smallest absolute Gasteiger partial charge is 0.306 e. The van der Waals surface area contributed by atoms with Gasteiger partial charge >= 0.3 is 5.97 Å². The number of carboxylic acids is 1. The average Bonchev–Trinajstić information content (AvgIpc) is 3.09. The van der Waals surface area contributed by atoms with Gasteiger partial charge in [0.15, 0.2) is 0 Å². The molecule has 5 heteroatoms. The highest BCUT2D eigenvalue weighted by Crippen LogP contribution is 2.72. The number of carbonyl (C=O) groups is 1. The highest BCUT2D eigenvalue weighted by Gasteiger charge is 2.70. The normalized spacial score (nSPS) is 53.5. The van der Waals surface area contributed by atoms with Gasteiger partial charge in [0.1, 0.15) is 0 Å². The molecule has 0 aromatic rings. The van der Waals surface area contributed by atoms with Crippen molar-refractivity contribution >= 4 is 5.97 Å². The summed E-state index contributed by atoms with van der Waals surface area (Å²) in [4.78, 5) is 11.5. The lowest BCUT2D eigenvalue weighted by molar-refractivity contribution is -0.260. The van der Waals surface area contributed by atoms with Gasteiger partial charge in [-0.05, 0) is 96.7 Å². The summed E-state index contributed by atoms with van der Waals surface area (Å²) < 4.78 is 0. The van der Waals surface area contributed by atoms with Crippen molar-refractivity contribution in [3.63, 3.8) is 0 Å². The molecule has 0 aliphatic heterocycles. The highest BCUT2D eigenvalue weighted by molar-refractivity contribution is 5.69. The van der Waals surface area contributed by atoms with Crippen LogP contribution >= 0.6 is 0 Å². The largest absolute Gasteiger partial charge is 0.481 e. The molecule has 4 aliphatic rings. The summed E-state index contributed by atoms with van der Waals surface area (Å²) in [6, 6.07) is 0. The minimum Gasteiger partial charge on any atom is -0.481 e. The van der Waals surface area contributed by atoms with Gasteiger partial charge in [-0.25, -0.2) is 0 Å². The summed E-state index contributed by atoms with van der Waals surface area (Å²) in [5.41, 5.74) is -0.410. The molecule has 0 bridgehead atoms. The van der Waals surface area contributed by atoms with Crippen LogP contribution in [0.15, 0.2) is 0 Å². The quantitative estimate of drug-likeness (QED) is 0.472. The second-order valence-corrected chi connectivity index (χ2v) is 13.3. The Labute approximate surface area is 200 Å². The fourth-order valence-corrected chi connectivity index (χ4v) is 10.3. The second kappa shape index (κ2) is 8.48. The van der Waals surface area contributed by atoms with Gasteiger partial charge in [-0.1, -0.05) is 48.0 Å². The molecule has 0 saturated heterocycles. The predicted octanol–water partition coefficient (Wildman–Crippen LogP) is 4.72. The van der Waals surface area contributed by atoms with Crippen molar-refractivity contribution < 1.29 is 25.2 Å². The number of aliphatic hydroxyl groups is 3. The van der Waals surface area contributed by atoms with Crippen LogP contribution in [0.4, 0.5) is 0 Å². The van der Waals surface area contributed by atoms with Crippen LogP contribution in [0.1, 0.15) is 92.9 Å². The molecule has 4 saturated carbocycles. The first kappa shape index (κ1) is 25.4. The number of aliphatic hydroxyl groups excluding tert-OH is 3. The molecule has 4 rings (SSSR count). The molecule has 0 radical (unpaired) electrons. The van der Waals surface area contributed by atoms with Crippen LogP contribution in [-0.4, -0.2) is 44.7 Å². The van der Waals surface area contributed by atoms with Crippen molar-refractivity contribution in [2.24, 2.45) is 57.7 Å². The van der Waals surface area contributed by atoms with Gasteiger partial charge in [0.05, 0.1) is 24.2 Å². The van der Waals surface area contributed by atoms with Crippen molar-refractivity contribution in [3.05, 3.63) is 0 Å². The lowest BCUT2D eigenvalue weighted by atomic mass is 9.36. The zero-order valence-corrected chi connectivity index (χ0v) is 21.6. The molecule has 5 nitrogen and oxygen atoms in total. The lowest BCUT2D eigenvalue weighted by Crippen LogP contribution is -2.68. The van der Waals surface area contributed by atoms with E-state index in [1.165, 1.54) is 0 Å². The van der Waals surface area contributed by atoms with Crippen molar-refractivity contribution in [1.29, 1.82) is 0 Å². The van der Waals surface area contributed by atoms with E-state index in [-0.39, 0.29) is 63.8 Å². The maximum absolute atomic E-state index is 11.9. The Balaban J connectivity index is 1.70. The molecule has 3 unspecified atom stereocenters. The van der Waals surface area contributed by atoms with E-state index < -0.39 is 18.2 Å². The first-order chi connectivity index (χ1) is 15.3. The fraction of sp³-hybridized carbons (Fsp3) is 0.964. The summed E-state index contributed by atoms with van der Waals surface area (Å²) in [6.07, 6.45) is 5.64. The molecule has 190 valence electrons. The molecular formula is C28H48O5. The van der Waals surface area contributed by atoms with E-state index in [4.69, 9.17) is 0 Å². The predicted molar refractivity (Wildman–Crippen MR) is 128 cm³/mol. The van der Waals surface area contributed by atoms with Crippen LogP contribution in [-0.2, 0) is 4.79 Å². The van der Waals surface area contributed by atoms with Crippen LogP contribution in [0.2, 0.25) is 0 Å². The van der Waals surface area contributed by atoms with E-state index in [0.29, 0.717) is 12.8 Å². The van der Waals surface area contributed by atoms with E-state index in [2.05, 4.69) is 34.6 Å². The summed E-state index contributed by atoms with van der Waals surface area (Å²) >= 11 is 0. The third kappa shape index (κ3) is 3.46. The van der Waals surface area contributed by atoms with Crippen LogP contribution in [0.5, 0.6) is 0 Å². The molecule has 0 spiro atoms. The van der Waals surface area contributed by atoms with E-state index >= 15 is 0 Å². The molecule has 0 amide bonds. The summed E-state index contributed by atoms with van der Waals surface area (Å²) in [5, 5.41) is 43.7. The number of carboxylic acid groups (broad SMARTS) is 1. The number of fused-ring (bicyclic) bond motifs is 5. The molecule has 13 atom stereocenters. The van der Waals surface area contributed by atoms with Gasteiger partial charge in [0.25, 0.3) is 0 Å². The third-order valence-corrected chi connectivity index (χ3v) is 12.2. The Morgan fingerprint density at radius 1 is 1.00 bits per heavy atom. The molecule has 33 heavy (non-hydrogen) atoms. The summed E-state index contributed by atoms with van der Waals surface area (Å²) in [7, 11) is 0. The van der Waals surface area contributed by atoms with Gasteiger partial charge in [0.2, 0.25) is 0 Å². The first-order valence-electron chi connectivity index (χ1n) is 13.6. The van der Waals surface area contributed by atoms with Crippen molar-refractivity contribution in [2.45, 2.75) is 111 Å². The first-order valence-corrected chi connectivity index (χ1v) is 13.6. The Morgan fingerprint density at radius 2 is 1.67 bits per heavy atom. The van der Waals surface area contributed by atoms with Gasteiger partial charge in [-0.3, -0.25) is 4.79 Å². The Kier molecular flexibility index (Phi) is 6.54. The maximum atomic E-state index is 11.9. The second-order valence-electron chi connectivity index (χ2n) is 13.3. The van der Waals surface area contributed by atoms with Crippen LogP contribution < -0.4 is 0 Å². The van der Waals surface area contributed by atoms with Gasteiger partial charge in [-0.15, -0.1) is 0 Å². The lowest BCUT2D eigenvalue weighted by Gasteiger charge is -2.69. The van der Waals surface area contributed by atoms with Crippen LogP contribution in [0, 0.1) is 57.7 Å². The number of rotatable bonds is 5. The van der Waals surface area contributed by atoms with Gasteiger partial charge in [-0.2, -0.15) is 0 Å². The Bertz CT molecular complexity index is 755. The molecule has 0 aromatic heterocycles. The van der Waals surface area contributed by atoms with Crippen molar-refractivity contribution in [1.82, 2.24) is 0 Å². The number of aliphatic carboxylic acids is 1. The SMILES string of the molecule is CC[C@H]1[C@@H](O)C2C3CC[C@H]([C@H](C)C[C@H](C)C(=O)O)[C@@]3(C)[C@@H](O)CC2[C@@]2(C)CC[C@@H](O)C[C@@]12C. The third-order valence-electron chi connectivity index (χ3n) is 12.2. The number of hydrogen-bond donors (Lipinski definition) is 4. The van der Waals surface area contributed by atoms with Gasteiger partial charge < -0.3 is 20.4 Å². The van der Waals surface area contributed by atoms with Crippen molar-refractivity contribution in [3.8, 4) is 0 Å².